The van der Waals surface area contributed by atoms with Crippen molar-refractivity contribution in [1.82, 2.24) is 5.32 Å². The van der Waals surface area contributed by atoms with Gasteiger partial charge in [0.05, 0.1) is 6.10 Å². The Morgan fingerprint density at radius 3 is 3.00 bits per heavy atom. The van der Waals surface area contributed by atoms with E-state index in [4.69, 9.17) is 9.15 Å². The van der Waals surface area contributed by atoms with Crippen molar-refractivity contribution in [2.45, 2.75) is 31.8 Å². The SMILES string of the molecule is O=C(NCCC1CCCCO1)c1ccc(Br)o1. The molecule has 1 fully saturated rings. The maximum absolute atomic E-state index is 11.6. The van der Waals surface area contributed by atoms with Gasteiger partial charge in [-0.15, -0.1) is 0 Å². The fourth-order valence-electron chi connectivity index (χ4n) is 1.91. The Kier molecular flexibility index (Phi) is 4.62. The van der Waals surface area contributed by atoms with Crippen molar-refractivity contribution in [2.24, 2.45) is 0 Å². The van der Waals surface area contributed by atoms with Gasteiger partial charge in [-0.05, 0) is 53.7 Å². The van der Waals surface area contributed by atoms with Gasteiger partial charge in [-0.25, -0.2) is 0 Å². The monoisotopic (exact) mass is 301 g/mol. The summed E-state index contributed by atoms with van der Waals surface area (Å²) in [6.45, 7) is 1.48. The van der Waals surface area contributed by atoms with Crippen LogP contribution in [0.5, 0.6) is 0 Å². The molecule has 0 aliphatic carbocycles. The number of rotatable bonds is 4. The van der Waals surface area contributed by atoms with Crippen LogP contribution in [0, 0.1) is 0 Å². The van der Waals surface area contributed by atoms with Crippen LogP contribution in [0.3, 0.4) is 0 Å². The van der Waals surface area contributed by atoms with Crippen molar-refractivity contribution in [3.8, 4) is 0 Å². The molecule has 0 spiro atoms. The van der Waals surface area contributed by atoms with Crippen molar-refractivity contribution >= 4 is 21.8 Å². The van der Waals surface area contributed by atoms with E-state index in [0.29, 0.717) is 23.1 Å². The number of amides is 1. The number of carbonyl (C=O) groups excluding carboxylic acids is 1. The third-order valence-corrected chi connectivity index (χ3v) is 3.25. The van der Waals surface area contributed by atoms with E-state index in [-0.39, 0.29) is 5.91 Å². The van der Waals surface area contributed by atoms with Crippen LogP contribution in [0.2, 0.25) is 0 Å². The topological polar surface area (TPSA) is 51.5 Å². The minimum Gasteiger partial charge on any atom is -0.444 e. The van der Waals surface area contributed by atoms with Gasteiger partial charge in [0.2, 0.25) is 0 Å². The van der Waals surface area contributed by atoms with E-state index < -0.39 is 0 Å². The maximum Gasteiger partial charge on any atom is 0.287 e. The second-order valence-corrected chi connectivity index (χ2v) is 4.92. The fourth-order valence-corrected chi connectivity index (χ4v) is 2.21. The zero-order valence-corrected chi connectivity index (χ0v) is 11.2. The molecule has 0 aromatic carbocycles. The van der Waals surface area contributed by atoms with Gasteiger partial charge >= 0.3 is 0 Å². The second kappa shape index (κ2) is 6.21. The molecule has 4 nitrogen and oxygen atoms in total. The molecule has 1 aromatic rings. The molecule has 2 rings (SSSR count). The number of nitrogens with one attached hydrogen (secondary N) is 1. The fraction of sp³-hybridized carbons (Fsp3) is 0.583. The summed E-state index contributed by atoms with van der Waals surface area (Å²) < 4.78 is 11.3. The van der Waals surface area contributed by atoms with Crippen molar-refractivity contribution in [1.29, 1.82) is 0 Å². The number of hydrogen-bond donors (Lipinski definition) is 1. The lowest BCUT2D eigenvalue weighted by atomic mass is 10.1. The lowest BCUT2D eigenvalue weighted by Crippen LogP contribution is -2.29. The molecular formula is C12H16BrNO3. The third kappa shape index (κ3) is 3.85. The summed E-state index contributed by atoms with van der Waals surface area (Å²) in [5.41, 5.74) is 0. The van der Waals surface area contributed by atoms with Crippen molar-refractivity contribution in [3.05, 3.63) is 22.6 Å². The number of halogens is 1. The second-order valence-electron chi connectivity index (χ2n) is 4.14. The molecule has 1 N–H and O–H groups in total. The molecule has 0 saturated carbocycles. The largest absolute Gasteiger partial charge is 0.444 e. The van der Waals surface area contributed by atoms with Crippen molar-refractivity contribution in [3.63, 3.8) is 0 Å². The van der Waals surface area contributed by atoms with Crippen LogP contribution in [0.1, 0.15) is 36.2 Å². The van der Waals surface area contributed by atoms with E-state index in [9.17, 15) is 4.79 Å². The first-order valence-corrected chi connectivity index (χ1v) is 6.70. The number of carbonyl (C=O) groups is 1. The van der Waals surface area contributed by atoms with E-state index in [2.05, 4.69) is 21.2 Å². The Hall–Kier alpha value is -0.810. The van der Waals surface area contributed by atoms with E-state index in [0.717, 1.165) is 25.9 Å². The zero-order valence-electron chi connectivity index (χ0n) is 9.58. The van der Waals surface area contributed by atoms with Gasteiger partial charge in [-0.3, -0.25) is 4.79 Å². The van der Waals surface area contributed by atoms with Crippen molar-refractivity contribution in [2.75, 3.05) is 13.2 Å². The summed E-state index contributed by atoms with van der Waals surface area (Å²) >= 11 is 3.16. The summed E-state index contributed by atoms with van der Waals surface area (Å²) in [6, 6.07) is 3.36. The number of ether oxygens (including phenoxy) is 1. The predicted octanol–water partition coefficient (Wildman–Crippen LogP) is 2.73. The molecule has 1 aliphatic rings. The van der Waals surface area contributed by atoms with Gasteiger partial charge in [-0.1, -0.05) is 0 Å². The van der Waals surface area contributed by atoms with Crippen molar-refractivity contribution < 1.29 is 13.9 Å². The van der Waals surface area contributed by atoms with Crippen LogP contribution >= 0.6 is 15.9 Å². The molecule has 1 amide bonds. The molecule has 0 bridgehead atoms. The molecule has 2 heterocycles. The Balaban J connectivity index is 1.69. The molecule has 0 radical (unpaired) electrons. The van der Waals surface area contributed by atoms with Gasteiger partial charge in [0.15, 0.2) is 10.4 Å². The molecule has 1 unspecified atom stereocenters. The highest BCUT2D eigenvalue weighted by atomic mass is 79.9. The zero-order chi connectivity index (χ0) is 12.1. The lowest BCUT2D eigenvalue weighted by Gasteiger charge is -2.22. The summed E-state index contributed by atoms with van der Waals surface area (Å²) in [5.74, 6) is 0.160. The van der Waals surface area contributed by atoms with Crippen LogP contribution in [0.25, 0.3) is 0 Å². The standard InChI is InChI=1S/C12H16BrNO3/c13-11-5-4-10(17-11)12(15)14-7-6-9-3-1-2-8-16-9/h4-5,9H,1-3,6-8H2,(H,14,15). The molecular weight excluding hydrogens is 286 g/mol. The van der Waals surface area contributed by atoms with Crippen LogP contribution < -0.4 is 5.32 Å². The molecule has 17 heavy (non-hydrogen) atoms. The minimum atomic E-state index is -0.175. The molecule has 94 valence electrons. The minimum absolute atomic E-state index is 0.175. The number of furan rings is 1. The quantitative estimate of drug-likeness (QED) is 0.930. The molecule has 5 heteroatoms. The third-order valence-electron chi connectivity index (χ3n) is 2.82. The van der Waals surface area contributed by atoms with Gasteiger partial charge in [0, 0.05) is 13.2 Å². The van der Waals surface area contributed by atoms with E-state index in [1.54, 1.807) is 12.1 Å². The van der Waals surface area contributed by atoms with Crippen LogP contribution in [-0.4, -0.2) is 25.2 Å². The molecule has 1 aromatic heterocycles. The van der Waals surface area contributed by atoms with Gasteiger partial charge in [0.1, 0.15) is 0 Å². The molecule has 1 atom stereocenters. The van der Waals surface area contributed by atoms with Gasteiger partial charge in [-0.2, -0.15) is 0 Å². The van der Waals surface area contributed by atoms with Gasteiger partial charge < -0.3 is 14.5 Å². The summed E-state index contributed by atoms with van der Waals surface area (Å²) in [5, 5.41) is 2.83. The van der Waals surface area contributed by atoms with Gasteiger partial charge in [0.25, 0.3) is 5.91 Å². The Labute approximate surface area is 109 Å². The van der Waals surface area contributed by atoms with Crippen LogP contribution in [-0.2, 0) is 4.74 Å². The summed E-state index contributed by atoms with van der Waals surface area (Å²) in [7, 11) is 0. The first-order chi connectivity index (χ1) is 8.25. The van der Waals surface area contributed by atoms with E-state index in [1.807, 2.05) is 0 Å². The normalized spacial score (nSPS) is 20.2. The average molecular weight is 302 g/mol. The van der Waals surface area contributed by atoms with Crippen LogP contribution in [0.4, 0.5) is 0 Å². The number of hydrogen-bond acceptors (Lipinski definition) is 3. The predicted molar refractivity (Wildman–Crippen MR) is 66.9 cm³/mol. The Morgan fingerprint density at radius 2 is 2.35 bits per heavy atom. The highest BCUT2D eigenvalue weighted by molar-refractivity contribution is 9.10. The summed E-state index contributed by atoms with van der Waals surface area (Å²) in [6.07, 6.45) is 4.65. The van der Waals surface area contributed by atoms with Crippen LogP contribution in [0.15, 0.2) is 21.2 Å². The Morgan fingerprint density at radius 1 is 1.47 bits per heavy atom. The molecule has 1 saturated heterocycles. The summed E-state index contributed by atoms with van der Waals surface area (Å²) in [4.78, 5) is 11.6. The van der Waals surface area contributed by atoms with E-state index in [1.165, 1.54) is 6.42 Å². The lowest BCUT2D eigenvalue weighted by molar-refractivity contribution is 0.0116. The van der Waals surface area contributed by atoms with E-state index >= 15 is 0 Å². The first-order valence-electron chi connectivity index (χ1n) is 5.91. The highest BCUT2D eigenvalue weighted by Crippen LogP contribution is 2.16. The smallest absolute Gasteiger partial charge is 0.287 e. The molecule has 1 aliphatic heterocycles. The first kappa shape index (κ1) is 12.6. The maximum atomic E-state index is 11.6. The Bertz CT molecular complexity index is 372. The average Bonchev–Trinajstić information content (AvgIpc) is 2.77. The highest BCUT2D eigenvalue weighted by Gasteiger charge is 2.15.